The second kappa shape index (κ2) is 9.77. The van der Waals surface area contributed by atoms with Crippen molar-refractivity contribution in [1.29, 1.82) is 0 Å². The van der Waals surface area contributed by atoms with Crippen LogP contribution in [0, 0.1) is 0 Å². The highest BCUT2D eigenvalue weighted by Gasteiger charge is 2.27. The first-order valence-corrected chi connectivity index (χ1v) is 12.0. The zero-order valence-corrected chi connectivity index (χ0v) is 18.5. The van der Waals surface area contributed by atoms with Crippen LogP contribution in [0.25, 0.3) is 0 Å². The number of carbonyl (C=O) groups is 1. The van der Waals surface area contributed by atoms with E-state index in [1.54, 1.807) is 19.1 Å². The molecule has 1 atom stereocenters. The number of anilines is 1. The molecule has 164 valence electrons. The maximum absolute atomic E-state index is 12.8. The van der Waals surface area contributed by atoms with E-state index in [-0.39, 0.29) is 16.5 Å². The maximum Gasteiger partial charge on any atom is 0.343 e. The molecule has 0 bridgehead atoms. The Bertz CT molecular complexity index is 1040. The summed E-state index contributed by atoms with van der Waals surface area (Å²) in [4.78, 5) is 24.5. The van der Waals surface area contributed by atoms with Crippen molar-refractivity contribution in [3.63, 3.8) is 0 Å². The molecule has 1 aromatic carbocycles. The lowest BCUT2D eigenvalue weighted by Crippen LogP contribution is -2.40. The quantitative estimate of drug-likeness (QED) is 0.571. The summed E-state index contributed by atoms with van der Waals surface area (Å²) >= 11 is 1.16. The number of H-pyrrole nitrogens is 1. The van der Waals surface area contributed by atoms with Gasteiger partial charge in [0.25, 0.3) is 0 Å². The van der Waals surface area contributed by atoms with Gasteiger partial charge in [0.1, 0.15) is 0 Å². The average Bonchev–Trinajstić information content (AvgIpc) is 3.08. The topological polar surface area (TPSA) is 126 Å². The number of aromatic amines is 1. The van der Waals surface area contributed by atoms with Crippen molar-refractivity contribution < 1.29 is 17.9 Å². The van der Waals surface area contributed by atoms with E-state index in [0.29, 0.717) is 43.7 Å². The molecule has 1 aliphatic heterocycles. The number of aromatic nitrogens is 3. The van der Waals surface area contributed by atoms with E-state index in [2.05, 4.69) is 15.5 Å². The Morgan fingerprint density at radius 3 is 2.80 bits per heavy atom. The minimum absolute atomic E-state index is 0.117. The number of nitrogens with zero attached hydrogens (tertiary/aromatic N) is 3. The summed E-state index contributed by atoms with van der Waals surface area (Å²) < 4.78 is 33.7. The summed E-state index contributed by atoms with van der Waals surface area (Å²) in [6.45, 7) is 5.48. The van der Waals surface area contributed by atoms with Gasteiger partial charge in [0.15, 0.2) is 5.16 Å². The summed E-state index contributed by atoms with van der Waals surface area (Å²) in [5.74, 6) is -0.320. The highest BCUT2D eigenvalue weighted by molar-refractivity contribution is 8.00. The van der Waals surface area contributed by atoms with Gasteiger partial charge in [-0.2, -0.15) is 4.31 Å². The number of ether oxygens (including phenoxy) is 1. The summed E-state index contributed by atoms with van der Waals surface area (Å²) in [7, 11) is -3.65. The third-order valence-electron chi connectivity index (χ3n) is 4.53. The van der Waals surface area contributed by atoms with Crippen LogP contribution in [0.2, 0.25) is 0 Å². The van der Waals surface area contributed by atoms with Crippen LogP contribution in [0.15, 0.2) is 39.1 Å². The zero-order valence-electron chi connectivity index (χ0n) is 16.8. The fourth-order valence-corrected chi connectivity index (χ4v) is 5.28. The maximum atomic E-state index is 12.8. The van der Waals surface area contributed by atoms with E-state index >= 15 is 0 Å². The minimum Gasteiger partial charge on any atom is -0.379 e. The first-order chi connectivity index (χ1) is 14.3. The molecule has 30 heavy (non-hydrogen) atoms. The molecular formula is C18H25N5O5S2. The van der Waals surface area contributed by atoms with Gasteiger partial charge in [-0.25, -0.2) is 18.3 Å². The molecule has 2 aromatic rings. The Balaban J connectivity index is 1.70. The molecule has 2 heterocycles. The van der Waals surface area contributed by atoms with Gasteiger partial charge in [-0.15, -0.1) is 5.10 Å². The van der Waals surface area contributed by atoms with Crippen molar-refractivity contribution in [2.24, 2.45) is 0 Å². The molecule has 1 amide bonds. The molecule has 1 unspecified atom stereocenters. The van der Waals surface area contributed by atoms with E-state index in [1.807, 2.05) is 6.92 Å². The lowest BCUT2D eigenvalue weighted by atomic mass is 10.3. The Morgan fingerprint density at radius 1 is 1.37 bits per heavy atom. The van der Waals surface area contributed by atoms with Crippen LogP contribution in [0.1, 0.15) is 20.3 Å². The van der Waals surface area contributed by atoms with Gasteiger partial charge >= 0.3 is 5.69 Å². The second-order valence-corrected chi connectivity index (χ2v) is 10.0. The van der Waals surface area contributed by atoms with E-state index in [4.69, 9.17) is 4.74 Å². The van der Waals surface area contributed by atoms with Crippen LogP contribution in [-0.4, -0.2) is 64.9 Å². The van der Waals surface area contributed by atoms with Crippen LogP contribution < -0.4 is 11.0 Å². The molecule has 1 fully saturated rings. The predicted octanol–water partition coefficient (Wildman–Crippen LogP) is 1.12. The predicted molar refractivity (Wildman–Crippen MR) is 113 cm³/mol. The van der Waals surface area contributed by atoms with Gasteiger partial charge in [0.2, 0.25) is 15.9 Å². The molecule has 0 saturated carbocycles. The van der Waals surface area contributed by atoms with E-state index < -0.39 is 15.3 Å². The first-order valence-electron chi connectivity index (χ1n) is 9.63. The third-order valence-corrected chi connectivity index (χ3v) is 7.52. The fourth-order valence-electron chi connectivity index (χ4n) is 2.94. The van der Waals surface area contributed by atoms with Gasteiger partial charge in [-0.05, 0) is 31.5 Å². The minimum atomic E-state index is -3.65. The molecule has 1 saturated heterocycles. The number of hydrogen-bond acceptors (Lipinski definition) is 7. The van der Waals surface area contributed by atoms with Gasteiger partial charge in [0, 0.05) is 25.3 Å². The van der Waals surface area contributed by atoms with Crippen LogP contribution >= 0.6 is 11.8 Å². The molecule has 0 radical (unpaired) electrons. The summed E-state index contributed by atoms with van der Waals surface area (Å²) in [6.07, 6.45) is 0.762. The molecule has 12 heteroatoms. The van der Waals surface area contributed by atoms with E-state index in [1.165, 1.54) is 21.0 Å². The van der Waals surface area contributed by atoms with Crippen molar-refractivity contribution in [2.45, 2.75) is 42.1 Å². The third kappa shape index (κ3) is 5.12. The number of amides is 1. The van der Waals surface area contributed by atoms with E-state index in [0.717, 1.165) is 18.2 Å². The molecule has 1 aromatic heterocycles. The number of morpholine rings is 1. The lowest BCUT2D eigenvalue weighted by Gasteiger charge is -2.26. The monoisotopic (exact) mass is 455 g/mol. The number of nitrogens with one attached hydrogen (secondary N) is 2. The molecule has 2 N–H and O–H groups in total. The summed E-state index contributed by atoms with van der Waals surface area (Å²) in [6, 6.07) is 6.18. The normalized spacial score (nSPS) is 16.3. The van der Waals surface area contributed by atoms with Crippen LogP contribution in [0.4, 0.5) is 5.69 Å². The first kappa shape index (κ1) is 22.5. The second-order valence-electron chi connectivity index (χ2n) is 6.76. The fraction of sp³-hybridized carbons (Fsp3) is 0.500. The zero-order chi connectivity index (χ0) is 21.7. The van der Waals surface area contributed by atoms with Crippen LogP contribution in [-0.2, 0) is 26.1 Å². The molecule has 3 rings (SSSR count). The Kier molecular flexibility index (Phi) is 7.34. The molecule has 0 spiro atoms. The largest absolute Gasteiger partial charge is 0.379 e. The lowest BCUT2D eigenvalue weighted by molar-refractivity contribution is -0.115. The van der Waals surface area contributed by atoms with Crippen molar-refractivity contribution in [3.05, 3.63) is 34.7 Å². The number of benzene rings is 1. The SMILES string of the molecule is CCCn1c(SC(C)C(=O)Nc2cccc(S(=O)(=O)N3CCOCC3)c2)n[nH]c1=O. The number of rotatable bonds is 8. The Hall–Kier alpha value is -2.15. The van der Waals surface area contributed by atoms with Crippen molar-refractivity contribution in [3.8, 4) is 0 Å². The Morgan fingerprint density at radius 2 is 2.10 bits per heavy atom. The van der Waals surface area contributed by atoms with Gasteiger partial charge in [-0.1, -0.05) is 24.8 Å². The molecule has 10 nitrogen and oxygen atoms in total. The summed E-state index contributed by atoms with van der Waals surface area (Å²) in [5, 5.41) is 9.01. The number of thioether (sulfide) groups is 1. The molecule has 0 aliphatic carbocycles. The van der Waals surface area contributed by atoms with Crippen molar-refractivity contribution in [2.75, 3.05) is 31.6 Å². The Labute approximate surface area is 179 Å². The van der Waals surface area contributed by atoms with Crippen LogP contribution in [0.5, 0.6) is 0 Å². The number of sulfonamides is 1. The van der Waals surface area contributed by atoms with Gasteiger partial charge < -0.3 is 10.1 Å². The van der Waals surface area contributed by atoms with E-state index in [9.17, 15) is 18.0 Å². The van der Waals surface area contributed by atoms with Gasteiger partial charge in [-0.3, -0.25) is 9.36 Å². The average molecular weight is 456 g/mol. The highest BCUT2D eigenvalue weighted by atomic mass is 32.2. The molecular weight excluding hydrogens is 430 g/mol. The molecule has 1 aliphatic rings. The number of carbonyl (C=O) groups excluding carboxylic acids is 1. The van der Waals surface area contributed by atoms with Crippen molar-refractivity contribution in [1.82, 2.24) is 19.1 Å². The smallest absolute Gasteiger partial charge is 0.343 e. The number of hydrogen-bond donors (Lipinski definition) is 2. The van der Waals surface area contributed by atoms with Crippen LogP contribution in [0.3, 0.4) is 0 Å². The summed E-state index contributed by atoms with van der Waals surface area (Å²) in [5.41, 5.74) is 0.0720. The standard InChI is InChI=1S/C18H25N5O5S2/c1-3-7-23-17(25)20-21-18(23)29-13(2)16(24)19-14-5-4-6-15(12-14)30(26,27)22-8-10-28-11-9-22/h4-6,12-13H,3,7-11H2,1-2H3,(H,19,24)(H,20,25). The van der Waals surface area contributed by atoms with Crippen molar-refractivity contribution >= 4 is 33.4 Å². The van der Waals surface area contributed by atoms with Gasteiger partial charge in [0.05, 0.1) is 23.4 Å². The highest BCUT2D eigenvalue weighted by Crippen LogP contribution is 2.24.